The molecule has 1 amide bonds. The normalized spacial score (nSPS) is 14.3. The largest absolute Gasteiger partial charge is 0.338 e. The Balaban J connectivity index is 1.44. The van der Waals surface area contributed by atoms with Crippen molar-refractivity contribution in [1.82, 2.24) is 25.1 Å². The Labute approximate surface area is 165 Å². The lowest BCUT2D eigenvalue weighted by Gasteiger charge is -2.29. The fourth-order valence-corrected chi connectivity index (χ4v) is 3.85. The monoisotopic (exact) mass is 375 g/mol. The van der Waals surface area contributed by atoms with Crippen molar-refractivity contribution in [1.29, 1.82) is 0 Å². The zero-order valence-electron chi connectivity index (χ0n) is 15.9. The van der Waals surface area contributed by atoms with Crippen LogP contribution in [0.5, 0.6) is 0 Å². The Morgan fingerprint density at radius 1 is 1.00 bits per heavy atom. The standard InChI is InChI=1S/C22H25N5O/c28-21(17-27-24-22(23-25-27)19-11-5-2-6-12-19)26(20-13-7-8-14-20)16-15-18-9-3-1-4-10-18/h1-6,9-12,20H,7-8,13-17H2. The highest BCUT2D eigenvalue weighted by Gasteiger charge is 2.27. The van der Waals surface area contributed by atoms with Crippen molar-refractivity contribution >= 4 is 5.91 Å². The molecule has 1 aliphatic carbocycles. The van der Waals surface area contributed by atoms with Gasteiger partial charge in [-0.2, -0.15) is 4.80 Å². The first-order valence-electron chi connectivity index (χ1n) is 9.96. The van der Waals surface area contributed by atoms with Crippen molar-refractivity contribution in [2.75, 3.05) is 6.54 Å². The number of rotatable bonds is 7. The summed E-state index contributed by atoms with van der Waals surface area (Å²) in [5.74, 6) is 0.616. The second kappa shape index (κ2) is 8.78. The van der Waals surface area contributed by atoms with Gasteiger partial charge in [0.05, 0.1) is 0 Å². The molecule has 0 unspecified atom stereocenters. The lowest BCUT2D eigenvalue weighted by Crippen LogP contribution is -2.42. The third-order valence-electron chi connectivity index (χ3n) is 5.33. The number of benzene rings is 2. The molecule has 6 heteroatoms. The van der Waals surface area contributed by atoms with Gasteiger partial charge in [0.1, 0.15) is 6.54 Å². The van der Waals surface area contributed by atoms with Crippen molar-refractivity contribution in [3.63, 3.8) is 0 Å². The summed E-state index contributed by atoms with van der Waals surface area (Å²) in [6.45, 7) is 0.860. The van der Waals surface area contributed by atoms with Crippen LogP contribution in [0.2, 0.25) is 0 Å². The molecule has 1 aromatic heterocycles. The van der Waals surface area contributed by atoms with Crippen LogP contribution in [0.4, 0.5) is 0 Å². The van der Waals surface area contributed by atoms with E-state index in [2.05, 4.69) is 27.5 Å². The summed E-state index contributed by atoms with van der Waals surface area (Å²) < 4.78 is 0. The molecule has 2 aromatic carbocycles. The van der Waals surface area contributed by atoms with E-state index in [0.29, 0.717) is 11.9 Å². The molecule has 144 valence electrons. The van der Waals surface area contributed by atoms with E-state index in [0.717, 1.165) is 31.4 Å². The van der Waals surface area contributed by atoms with Gasteiger partial charge in [-0.3, -0.25) is 4.79 Å². The molecule has 0 aliphatic heterocycles. The third-order valence-corrected chi connectivity index (χ3v) is 5.33. The second-order valence-corrected chi connectivity index (χ2v) is 7.27. The van der Waals surface area contributed by atoms with E-state index in [9.17, 15) is 4.79 Å². The molecule has 0 bridgehead atoms. The maximum absolute atomic E-state index is 13.1. The number of aromatic nitrogens is 4. The Bertz CT molecular complexity index is 888. The predicted octanol–water partition coefficient (Wildman–Crippen LogP) is 3.35. The van der Waals surface area contributed by atoms with Gasteiger partial charge in [0.2, 0.25) is 11.7 Å². The number of carbonyl (C=O) groups is 1. The summed E-state index contributed by atoms with van der Waals surface area (Å²) in [5, 5.41) is 12.6. The number of carbonyl (C=O) groups excluding carboxylic acids is 1. The van der Waals surface area contributed by atoms with Crippen molar-refractivity contribution in [3.8, 4) is 11.4 Å². The highest BCUT2D eigenvalue weighted by atomic mass is 16.2. The van der Waals surface area contributed by atoms with Crippen molar-refractivity contribution in [3.05, 3.63) is 66.2 Å². The highest BCUT2D eigenvalue weighted by molar-refractivity contribution is 5.76. The van der Waals surface area contributed by atoms with Gasteiger partial charge in [-0.25, -0.2) is 0 Å². The van der Waals surface area contributed by atoms with Gasteiger partial charge < -0.3 is 4.90 Å². The molecule has 1 heterocycles. The molecule has 1 aliphatic rings. The zero-order chi connectivity index (χ0) is 19.2. The Morgan fingerprint density at radius 2 is 1.68 bits per heavy atom. The molecular weight excluding hydrogens is 350 g/mol. The smallest absolute Gasteiger partial charge is 0.246 e. The molecule has 0 radical (unpaired) electrons. The fraction of sp³-hybridized carbons (Fsp3) is 0.364. The maximum atomic E-state index is 13.1. The summed E-state index contributed by atoms with van der Waals surface area (Å²) in [6, 6.07) is 20.4. The first-order valence-corrected chi connectivity index (χ1v) is 9.96. The maximum Gasteiger partial charge on any atom is 0.246 e. The fourth-order valence-electron chi connectivity index (χ4n) is 3.85. The van der Waals surface area contributed by atoms with Crippen molar-refractivity contribution < 1.29 is 4.79 Å². The molecule has 0 N–H and O–H groups in total. The molecule has 3 aromatic rings. The van der Waals surface area contributed by atoms with Crippen LogP contribution in [0.15, 0.2) is 60.7 Å². The van der Waals surface area contributed by atoms with Gasteiger partial charge in [-0.1, -0.05) is 73.5 Å². The van der Waals surface area contributed by atoms with E-state index in [1.807, 2.05) is 53.4 Å². The molecule has 28 heavy (non-hydrogen) atoms. The molecule has 1 fully saturated rings. The summed E-state index contributed by atoms with van der Waals surface area (Å²) >= 11 is 0. The van der Waals surface area contributed by atoms with Crippen LogP contribution in [0.1, 0.15) is 31.2 Å². The van der Waals surface area contributed by atoms with E-state index in [-0.39, 0.29) is 12.5 Å². The topological polar surface area (TPSA) is 63.9 Å². The first-order chi connectivity index (χ1) is 13.8. The molecule has 1 saturated carbocycles. The van der Waals surface area contributed by atoms with Crippen molar-refractivity contribution in [2.24, 2.45) is 0 Å². The van der Waals surface area contributed by atoms with Crippen LogP contribution in [-0.2, 0) is 17.8 Å². The average Bonchev–Trinajstić information content (AvgIpc) is 3.42. The van der Waals surface area contributed by atoms with Crippen LogP contribution in [0.3, 0.4) is 0 Å². The Morgan fingerprint density at radius 3 is 2.39 bits per heavy atom. The third kappa shape index (κ3) is 4.44. The summed E-state index contributed by atoms with van der Waals surface area (Å²) in [7, 11) is 0. The van der Waals surface area contributed by atoms with Crippen LogP contribution in [0, 0.1) is 0 Å². The zero-order valence-corrected chi connectivity index (χ0v) is 15.9. The minimum atomic E-state index is 0.0693. The lowest BCUT2D eigenvalue weighted by molar-refractivity contribution is -0.134. The van der Waals surface area contributed by atoms with Gasteiger partial charge in [0.25, 0.3) is 0 Å². The van der Waals surface area contributed by atoms with Gasteiger partial charge in [0, 0.05) is 18.2 Å². The molecule has 0 saturated heterocycles. The summed E-state index contributed by atoms with van der Waals surface area (Å²) in [5.41, 5.74) is 2.15. The van der Waals surface area contributed by atoms with Crippen LogP contribution in [0.25, 0.3) is 11.4 Å². The van der Waals surface area contributed by atoms with Crippen molar-refractivity contribution in [2.45, 2.75) is 44.7 Å². The SMILES string of the molecule is O=C(Cn1nnc(-c2ccccc2)n1)N(CCc1ccccc1)C1CCCC1. The minimum Gasteiger partial charge on any atom is -0.338 e. The van der Waals surface area contributed by atoms with Crippen LogP contribution in [-0.4, -0.2) is 43.6 Å². The second-order valence-electron chi connectivity index (χ2n) is 7.27. The number of hydrogen-bond donors (Lipinski definition) is 0. The molecule has 6 nitrogen and oxygen atoms in total. The van der Waals surface area contributed by atoms with E-state index < -0.39 is 0 Å². The average molecular weight is 375 g/mol. The van der Waals surface area contributed by atoms with Gasteiger partial charge >= 0.3 is 0 Å². The minimum absolute atomic E-state index is 0.0693. The summed E-state index contributed by atoms with van der Waals surface area (Å²) in [4.78, 5) is 16.5. The number of hydrogen-bond acceptors (Lipinski definition) is 4. The molecular formula is C22H25N5O. The van der Waals surface area contributed by atoms with Gasteiger partial charge in [-0.15, -0.1) is 10.2 Å². The number of nitrogens with zero attached hydrogens (tertiary/aromatic N) is 5. The highest BCUT2D eigenvalue weighted by Crippen LogP contribution is 2.24. The molecule has 0 atom stereocenters. The van der Waals surface area contributed by atoms with E-state index in [4.69, 9.17) is 0 Å². The van der Waals surface area contributed by atoms with Gasteiger partial charge in [-0.05, 0) is 30.0 Å². The Kier molecular flexibility index (Phi) is 5.75. The van der Waals surface area contributed by atoms with E-state index in [1.54, 1.807) is 0 Å². The van der Waals surface area contributed by atoms with Gasteiger partial charge in [0.15, 0.2) is 0 Å². The quantitative estimate of drug-likeness (QED) is 0.635. The number of amides is 1. The summed E-state index contributed by atoms with van der Waals surface area (Å²) in [6.07, 6.45) is 5.42. The van der Waals surface area contributed by atoms with Crippen LogP contribution >= 0.6 is 0 Å². The Hall–Kier alpha value is -3.02. The number of tetrazole rings is 1. The van der Waals surface area contributed by atoms with E-state index >= 15 is 0 Å². The molecule has 4 rings (SSSR count). The lowest BCUT2D eigenvalue weighted by atomic mass is 10.1. The van der Waals surface area contributed by atoms with E-state index in [1.165, 1.54) is 23.2 Å². The molecule has 0 spiro atoms. The van der Waals surface area contributed by atoms with Crippen LogP contribution < -0.4 is 0 Å². The first kappa shape index (κ1) is 18.3. The predicted molar refractivity (Wildman–Crippen MR) is 107 cm³/mol.